The number of carbonyl (C=O) groups is 1. The van der Waals surface area contributed by atoms with Crippen LogP contribution in [0.4, 0.5) is 5.69 Å². The molecule has 10 heteroatoms. The van der Waals surface area contributed by atoms with E-state index in [1.54, 1.807) is 24.3 Å². The highest BCUT2D eigenvalue weighted by Crippen LogP contribution is 2.28. The standard InChI is InChI=1S/C18H13N3O5S2/c1-26-17(22)16-12-3-2-4-15(11(12)7-8-19-16)28(24,25)21-10-5-6-13-14(9-10)27-18(23)20-13/h2-9,21H,1H3,(H,20,23). The third-order valence-corrected chi connectivity index (χ3v) is 6.39. The molecule has 0 saturated heterocycles. The second-order valence-electron chi connectivity index (χ2n) is 5.83. The third kappa shape index (κ3) is 3.12. The number of aromatic amines is 1. The molecule has 0 saturated carbocycles. The zero-order valence-electron chi connectivity index (χ0n) is 14.4. The molecule has 2 N–H and O–H groups in total. The first-order valence-corrected chi connectivity index (χ1v) is 10.3. The molecule has 0 aliphatic rings. The number of hydrogen-bond acceptors (Lipinski definition) is 7. The van der Waals surface area contributed by atoms with Crippen LogP contribution in [0.5, 0.6) is 0 Å². The molecule has 0 fully saturated rings. The maximum atomic E-state index is 13.0. The van der Waals surface area contributed by atoms with Crippen molar-refractivity contribution in [1.82, 2.24) is 9.97 Å². The summed E-state index contributed by atoms with van der Waals surface area (Å²) in [5.74, 6) is -0.652. The minimum atomic E-state index is -3.96. The van der Waals surface area contributed by atoms with Crippen molar-refractivity contribution in [2.24, 2.45) is 0 Å². The molecule has 8 nitrogen and oxygen atoms in total. The Labute approximate surface area is 162 Å². The summed E-state index contributed by atoms with van der Waals surface area (Å²) in [6.45, 7) is 0. The highest BCUT2D eigenvalue weighted by molar-refractivity contribution is 7.93. The minimum absolute atomic E-state index is 0.0000871. The number of sulfonamides is 1. The summed E-state index contributed by atoms with van der Waals surface area (Å²) < 4.78 is 33.9. The van der Waals surface area contributed by atoms with E-state index >= 15 is 0 Å². The molecule has 0 unspecified atom stereocenters. The van der Waals surface area contributed by atoms with Gasteiger partial charge >= 0.3 is 10.8 Å². The molecular weight excluding hydrogens is 402 g/mol. The molecule has 0 atom stereocenters. The summed E-state index contributed by atoms with van der Waals surface area (Å²) in [6.07, 6.45) is 1.36. The van der Waals surface area contributed by atoms with Crippen molar-refractivity contribution in [2.45, 2.75) is 4.90 Å². The fourth-order valence-electron chi connectivity index (χ4n) is 2.89. The van der Waals surface area contributed by atoms with Crippen molar-refractivity contribution in [3.63, 3.8) is 0 Å². The SMILES string of the molecule is COC(=O)c1nccc2c(S(=O)(=O)Nc3ccc4[nH]c(=O)sc4c3)cccc12. The summed E-state index contributed by atoms with van der Waals surface area (Å²) in [5, 5.41) is 0.717. The predicted molar refractivity (Wildman–Crippen MR) is 106 cm³/mol. The smallest absolute Gasteiger partial charge is 0.357 e. The van der Waals surface area contributed by atoms with Crippen LogP contribution in [0.1, 0.15) is 10.5 Å². The van der Waals surface area contributed by atoms with E-state index in [2.05, 4.69) is 14.7 Å². The van der Waals surface area contributed by atoms with Gasteiger partial charge in [0.2, 0.25) is 0 Å². The predicted octanol–water partition coefficient (Wildman–Crippen LogP) is 2.73. The zero-order valence-corrected chi connectivity index (χ0v) is 16.1. The van der Waals surface area contributed by atoms with E-state index in [0.717, 1.165) is 11.3 Å². The van der Waals surface area contributed by atoms with Gasteiger partial charge in [0.15, 0.2) is 5.69 Å². The van der Waals surface area contributed by atoms with Gasteiger partial charge in [-0.05, 0) is 30.3 Å². The maximum Gasteiger partial charge on any atom is 0.357 e. The average Bonchev–Trinajstić information content (AvgIpc) is 3.05. The second kappa shape index (κ2) is 6.73. The normalized spacial score (nSPS) is 11.6. The lowest BCUT2D eigenvalue weighted by Crippen LogP contribution is -2.14. The van der Waals surface area contributed by atoms with Crippen molar-refractivity contribution in [2.75, 3.05) is 11.8 Å². The van der Waals surface area contributed by atoms with Gasteiger partial charge in [0.25, 0.3) is 10.0 Å². The lowest BCUT2D eigenvalue weighted by atomic mass is 10.1. The first-order valence-electron chi connectivity index (χ1n) is 8.01. The number of H-pyrrole nitrogens is 1. The van der Waals surface area contributed by atoms with E-state index < -0.39 is 16.0 Å². The number of rotatable bonds is 4. The number of anilines is 1. The van der Waals surface area contributed by atoms with E-state index in [1.165, 1.54) is 31.5 Å². The monoisotopic (exact) mass is 415 g/mol. The number of thiazole rings is 1. The third-order valence-electron chi connectivity index (χ3n) is 4.11. The molecule has 28 heavy (non-hydrogen) atoms. The van der Waals surface area contributed by atoms with Crippen LogP contribution >= 0.6 is 11.3 Å². The first-order chi connectivity index (χ1) is 13.4. The minimum Gasteiger partial charge on any atom is -0.464 e. The Morgan fingerprint density at radius 2 is 2.00 bits per heavy atom. The molecule has 2 aromatic heterocycles. The van der Waals surface area contributed by atoms with Crippen molar-refractivity contribution >= 4 is 54.0 Å². The molecular formula is C18H13N3O5S2. The molecule has 2 heterocycles. The molecule has 0 aliphatic carbocycles. The van der Waals surface area contributed by atoms with E-state index in [9.17, 15) is 18.0 Å². The van der Waals surface area contributed by atoms with Crippen LogP contribution in [0.2, 0.25) is 0 Å². The van der Waals surface area contributed by atoms with Gasteiger partial charge in [-0.2, -0.15) is 0 Å². The number of nitrogens with zero attached hydrogens (tertiary/aromatic N) is 1. The van der Waals surface area contributed by atoms with Crippen LogP contribution < -0.4 is 9.60 Å². The van der Waals surface area contributed by atoms with Crippen LogP contribution in [0, 0.1) is 0 Å². The molecule has 2 aromatic carbocycles. The summed E-state index contributed by atoms with van der Waals surface area (Å²) >= 11 is 0.993. The Kier molecular flexibility index (Phi) is 4.36. The Morgan fingerprint density at radius 1 is 1.18 bits per heavy atom. The average molecular weight is 415 g/mol. The van der Waals surface area contributed by atoms with Crippen molar-refractivity contribution < 1.29 is 17.9 Å². The highest BCUT2D eigenvalue weighted by atomic mass is 32.2. The molecule has 142 valence electrons. The molecule has 4 aromatic rings. The number of aromatic nitrogens is 2. The number of benzene rings is 2. The van der Waals surface area contributed by atoms with Crippen LogP contribution in [-0.2, 0) is 14.8 Å². The van der Waals surface area contributed by atoms with Crippen LogP contribution in [0.25, 0.3) is 21.0 Å². The summed E-state index contributed by atoms with van der Waals surface area (Å²) in [6, 6.07) is 10.9. The molecule has 0 aliphatic heterocycles. The quantitative estimate of drug-likeness (QED) is 0.495. The molecule has 4 rings (SSSR count). The number of carbonyl (C=O) groups excluding carboxylic acids is 1. The van der Waals surface area contributed by atoms with Gasteiger partial charge in [-0.15, -0.1) is 0 Å². The summed E-state index contributed by atoms with van der Waals surface area (Å²) in [7, 11) is -2.73. The van der Waals surface area contributed by atoms with Crippen molar-refractivity contribution in [3.8, 4) is 0 Å². The largest absolute Gasteiger partial charge is 0.464 e. The van der Waals surface area contributed by atoms with Crippen LogP contribution in [-0.4, -0.2) is 31.5 Å². The number of fused-ring (bicyclic) bond motifs is 2. The Balaban J connectivity index is 1.81. The zero-order chi connectivity index (χ0) is 19.9. The Bertz CT molecular complexity index is 1390. The van der Waals surface area contributed by atoms with Crippen molar-refractivity contribution in [3.05, 3.63) is 64.0 Å². The second-order valence-corrected chi connectivity index (χ2v) is 8.50. The molecule has 0 bridgehead atoms. The van der Waals surface area contributed by atoms with E-state index in [4.69, 9.17) is 4.74 Å². The van der Waals surface area contributed by atoms with E-state index in [-0.39, 0.29) is 15.5 Å². The number of nitrogens with one attached hydrogen (secondary N) is 2. The van der Waals surface area contributed by atoms with Gasteiger partial charge in [0, 0.05) is 17.0 Å². The number of esters is 1. The summed E-state index contributed by atoms with van der Waals surface area (Å²) in [5.41, 5.74) is 0.995. The van der Waals surface area contributed by atoms with Gasteiger partial charge in [-0.3, -0.25) is 9.52 Å². The Morgan fingerprint density at radius 3 is 2.79 bits per heavy atom. The van der Waals surface area contributed by atoms with Gasteiger partial charge < -0.3 is 9.72 Å². The number of methoxy groups -OCH3 is 1. The highest BCUT2D eigenvalue weighted by Gasteiger charge is 2.21. The fourth-order valence-corrected chi connectivity index (χ4v) is 4.94. The van der Waals surface area contributed by atoms with Gasteiger partial charge in [-0.25, -0.2) is 18.2 Å². The summed E-state index contributed by atoms with van der Waals surface area (Å²) in [4.78, 5) is 29.8. The number of pyridine rings is 1. The maximum absolute atomic E-state index is 13.0. The van der Waals surface area contributed by atoms with E-state index in [1.807, 2.05) is 0 Å². The van der Waals surface area contributed by atoms with E-state index in [0.29, 0.717) is 26.7 Å². The fraction of sp³-hybridized carbons (Fsp3) is 0.0556. The number of hydrogen-bond donors (Lipinski definition) is 2. The van der Waals surface area contributed by atoms with Gasteiger partial charge in [0.05, 0.1) is 27.9 Å². The van der Waals surface area contributed by atoms with Gasteiger partial charge in [-0.1, -0.05) is 23.5 Å². The lowest BCUT2D eigenvalue weighted by molar-refractivity contribution is 0.0596. The molecule has 0 radical (unpaired) electrons. The Hall–Kier alpha value is -3.24. The van der Waals surface area contributed by atoms with Crippen LogP contribution in [0.15, 0.2) is 58.4 Å². The van der Waals surface area contributed by atoms with Gasteiger partial charge in [0.1, 0.15) is 0 Å². The topological polar surface area (TPSA) is 118 Å². The van der Waals surface area contributed by atoms with Crippen molar-refractivity contribution in [1.29, 1.82) is 0 Å². The molecule has 0 spiro atoms. The number of ether oxygens (including phenoxy) is 1. The first kappa shape index (κ1) is 18.1. The van der Waals surface area contributed by atoms with Crippen LogP contribution in [0.3, 0.4) is 0 Å². The molecule has 0 amide bonds. The lowest BCUT2D eigenvalue weighted by Gasteiger charge is -2.11.